The molecule has 212 valence electrons. The van der Waals surface area contributed by atoms with E-state index in [2.05, 4.69) is 121 Å². The fourth-order valence-corrected chi connectivity index (χ4v) is 7.21. The Morgan fingerprint density at radius 3 is 1.24 bits per heavy atom. The van der Waals surface area contributed by atoms with Crippen molar-refractivity contribution in [2.24, 2.45) is 0 Å². The third kappa shape index (κ3) is 3.82. The molecule has 9 aromatic rings. The Hall–Kier alpha value is -6.19. The lowest BCUT2D eigenvalue weighted by Gasteiger charge is -2.17. The minimum atomic E-state index is 0.820. The molecule has 3 nitrogen and oxygen atoms in total. The molecule has 0 N–H and O–H groups in total. The summed E-state index contributed by atoms with van der Waals surface area (Å²) in [6.45, 7) is 0. The van der Waals surface area contributed by atoms with Crippen molar-refractivity contribution in [3.8, 4) is 67.3 Å². The zero-order valence-corrected chi connectivity index (χ0v) is 24.8. The summed E-state index contributed by atoms with van der Waals surface area (Å²) in [5.41, 5.74) is 12.7. The Labute approximate surface area is 265 Å². The van der Waals surface area contributed by atoms with Gasteiger partial charge in [-0.3, -0.25) is 9.97 Å². The van der Waals surface area contributed by atoms with Gasteiger partial charge < -0.3 is 0 Å². The highest BCUT2D eigenvalue weighted by Crippen LogP contribution is 2.43. The molecule has 46 heavy (non-hydrogen) atoms. The van der Waals surface area contributed by atoms with Crippen LogP contribution in [0.2, 0.25) is 0 Å². The highest BCUT2D eigenvalue weighted by Gasteiger charge is 2.16. The van der Waals surface area contributed by atoms with Gasteiger partial charge in [0.2, 0.25) is 0 Å². The first-order chi connectivity index (χ1) is 22.8. The van der Waals surface area contributed by atoms with Gasteiger partial charge in [-0.2, -0.15) is 0 Å². The van der Waals surface area contributed by atoms with E-state index in [1.807, 2.05) is 30.6 Å². The molecule has 0 aliphatic carbocycles. The van der Waals surface area contributed by atoms with Gasteiger partial charge in [0.15, 0.2) is 0 Å². The second-order valence-corrected chi connectivity index (χ2v) is 12.1. The molecule has 14 rings (SSSR count). The van der Waals surface area contributed by atoms with Gasteiger partial charge in [0, 0.05) is 12.4 Å². The minimum absolute atomic E-state index is 0.820. The molecule has 16 bridgehead atoms. The van der Waals surface area contributed by atoms with Gasteiger partial charge >= 0.3 is 0 Å². The quantitative estimate of drug-likeness (QED) is 0.167. The number of benzene rings is 6. The molecular formula is C43H25N3. The van der Waals surface area contributed by atoms with E-state index >= 15 is 0 Å². The van der Waals surface area contributed by atoms with Gasteiger partial charge in [-0.05, 0) is 113 Å². The third-order valence-corrected chi connectivity index (χ3v) is 9.52. The molecule has 5 aliphatic rings. The first-order valence-electron chi connectivity index (χ1n) is 15.6. The van der Waals surface area contributed by atoms with Gasteiger partial charge in [-0.25, -0.2) is 4.98 Å². The number of hydrogen-bond donors (Lipinski definition) is 0. The van der Waals surface area contributed by atoms with Crippen molar-refractivity contribution in [3.63, 3.8) is 0 Å². The predicted molar refractivity (Wildman–Crippen MR) is 190 cm³/mol. The summed E-state index contributed by atoms with van der Waals surface area (Å²) in [4.78, 5) is 14.4. The summed E-state index contributed by atoms with van der Waals surface area (Å²) in [5.74, 6) is 0. The van der Waals surface area contributed by atoms with E-state index in [0.29, 0.717) is 0 Å². The first kappa shape index (κ1) is 25.2. The Morgan fingerprint density at radius 1 is 0.326 bits per heavy atom. The van der Waals surface area contributed by atoms with Crippen LogP contribution in [0.4, 0.5) is 0 Å². The fourth-order valence-electron chi connectivity index (χ4n) is 7.21. The molecule has 3 heteroatoms. The lowest BCUT2D eigenvalue weighted by Crippen LogP contribution is -1.93. The zero-order valence-electron chi connectivity index (χ0n) is 24.8. The van der Waals surface area contributed by atoms with E-state index in [4.69, 9.17) is 15.0 Å². The second kappa shape index (κ2) is 9.65. The van der Waals surface area contributed by atoms with Crippen molar-refractivity contribution in [3.05, 3.63) is 152 Å². The van der Waals surface area contributed by atoms with Crippen LogP contribution in [0, 0.1) is 0 Å². The minimum Gasteiger partial charge on any atom is -0.255 e. The molecule has 6 aromatic carbocycles. The Morgan fingerprint density at radius 2 is 0.761 bits per heavy atom. The zero-order chi connectivity index (χ0) is 30.2. The van der Waals surface area contributed by atoms with Crippen LogP contribution in [0.5, 0.6) is 0 Å². The van der Waals surface area contributed by atoms with E-state index in [-0.39, 0.29) is 0 Å². The molecule has 0 unspecified atom stereocenters. The predicted octanol–water partition coefficient (Wildman–Crippen LogP) is 11.1. The van der Waals surface area contributed by atoms with E-state index in [0.717, 1.165) is 45.0 Å². The van der Waals surface area contributed by atoms with Gasteiger partial charge in [0.1, 0.15) is 0 Å². The van der Waals surface area contributed by atoms with Crippen molar-refractivity contribution < 1.29 is 0 Å². The fraction of sp³-hybridized carbons (Fsp3) is 0. The summed E-state index contributed by atoms with van der Waals surface area (Å²) in [6.07, 6.45) is 3.73. The number of rotatable bonds is 0. The SMILES string of the molecule is c1cc2nc(c1)-c1cc(ccn1)-c1ccc(cc1)-c1ccc3ccc4ccc(c5ccc1c3c45)-c1ccc(cc1)-c1ccnc-2c1. The van der Waals surface area contributed by atoms with Crippen LogP contribution in [0.1, 0.15) is 0 Å². The molecule has 0 saturated heterocycles. The summed E-state index contributed by atoms with van der Waals surface area (Å²) in [7, 11) is 0. The standard InChI is InChI=1S/C43H25N3/c1-2-38-40-24-32(20-22-44-40)26-4-8-28(9-5-26)34-16-14-30-12-13-31-15-17-35(37-19-18-36(34)42(30)43(31)37)29-10-6-27(7-11-29)33-21-23-45-41(25-33)39(3-1)46-38/h1-25H. The maximum absolute atomic E-state index is 5.00. The van der Waals surface area contributed by atoms with Gasteiger partial charge in [0.05, 0.1) is 22.8 Å². The van der Waals surface area contributed by atoms with Crippen LogP contribution in [0.3, 0.4) is 0 Å². The molecule has 5 aliphatic heterocycles. The molecule has 0 spiro atoms. The lowest BCUT2D eigenvalue weighted by atomic mass is 9.87. The average Bonchev–Trinajstić information content (AvgIpc) is 3.14. The average molecular weight is 584 g/mol. The molecule has 0 atom stereocenters. The third-order valence-electron chi connectivity index (χ3n) is 9.52. The monoisotopic (exact) mass is 583 g/mol. The second-order valence-electron chi connectivity index (χ2n) is 12.1. The summed E-state index contributed by atoms with van der Waals surface area (Å²) >= 11 is 0. The van der Waals surface area contributed by atoms with Gasteiger partial charge in [0.25, 0.3) is 0 Å². The summed E-state index contributed by atoms with van der Waals surface area (Å²) < 4.78 is 0. The van der Waals surface area contributed by atoms with Gasteiger partial charge in [-0.1, -0.05) is 103 Å². The van der Waals surface area contributed by atoms with Crippen molar-refractivity contribution in [2.75, 3.05) is 0 Å². The van der Waals surface area contributed by atoms with Crippen molar-refractivity contribution in [2.45, 2.75) is 0 Å². The van der Waals surface area contributed by atoms with E-state index in [9.17, 15) is 0 Å². The Bertz CT molecular complexity index is 2440. The maximum Gasteiger partial charge on any atom is 0.0894 e. The lowest BCUT2D eigenvalue weighted by molar-refractivity contribution is 1.22. The van der Waals surface area contributed by atoms with E-state index in [1.165, 1.54) is 54.6 Å². The van der Waals surface area contributed by atoms with Crippen LogP contribution >= 0.6 is 0 Å². The first-order valence-corrected chi connectivity index (χ1v) is 15.6. The smallest absolute Gasteiger partial charge is 0.0894 e. The van der Waals surface area contributed by atoms with Crippen molar-refractivity contribution in [1.29, 1.82) is 0 Å². The Kier molecular flexibility index (Phi) is 5.28. The highest BCUT2D eigenvalue weighted by atomic mass is 14.8. The number of nitrogens with zero attached hydrogens (tertiary/aromatic N) is 3. The largest absolute Gasteiger partial charge is 0.255 e. The summed E-state index contributed by atoms with van der Waals surface area (Å²) in [6, 6.07) is 50.4. The van der Waals surface area contributed by atoms with Crippen LogP contribution in [0.15, 0.2) is 152 Å². The molecule has 0 radical (unpaired) electrons. The van der Waals surface area contributed by atoms with Crippen LogP contribution in [-0.2, 0) is 0 Å². The maximum atomic E-state index is 5.00. The molecule has 0 saturated carbocycles. The summed E-state index contributed by atoms with van der Waals surface area (Å²) in [5, 5.41) is 7.74. The van der Waals surface area contributed by atoms with E-state index in [1.54, 1.807) is 0 Å². The molecule has 0 amide bonds. The normalized spacial score (nSPS) is 11.9. The molecular weight excluding hydrogens is 558 g/mol. The van der Waals surface area contributed by atoms with Gasteiger partial charge in [-0.15, -0.1) is 0 Å². The van der Waals surface area contributed by atoms with E-state index < -0.39 is 0 Å². The number of aromatic nitrogens is 3. The van der Waals surface area contributed by atoms with Crippen LogP contribution in [-0.4, -0.2) is 15.0 Å². The van der Waals surface area contributed by atoms with Crippen LogP contribution in [0.25, 0.3) is 99.6 Å². The number of pyridine rings is 3. The topological polar surface area (TPSA) is 38.7 Å². The number of hydrogen-bond acceptors (Lipinski definition) is 3. The molecule has 8 heterocycles. The molecule has 0 fully saturated rings. The Balaban J connectivity index is 1.25. The van der Waals surface area contributed by atoms with Crippen molar-refractivity contribution in [1.82, 2.24) is 15.0 Å². The van der Waals surface area contributed by atoms with Crippen molar-refractivity contribution >= 4 is 32.3 Å². The highest BCUT2D eigenvalue weighted by molar-refractivity contribution is 6.27. The van der Waals surface area contributed by atoms with Crippen LogP contribution < -0.4 is 0 Å². The molecule has 3 aromatic heterocycles.